The van der Waals surface area contributed by atoms with Gasteiger partial charge in [-0.15, -0.1) is 0 Å². The van der Waals surface area contributed by atoms with Crippen LogP contribution in [0.3, 0.4) is 0 Å². The molecule has 3 nitrogen and oxygen atoms in total. The van der Waals surface area contributed by atoms with Gasteiger partial charge in [-0.3, -0.25) is 4.79 Å². The molecule has 0 fully saturated rings. The van der Waals surface area contributed by atoms with Crippen LogP contribution in [0.25, 0.3) is 0 Å². The number of furan rings is 1. The molecular formula is C16H19NO2. The molecule has 0 bridgehead atoms. The van der Waals surface area contributed by atoms with Gasteiger partial charge in [0.05, 0.1) is 12.7 Å². The molecule has 0 unspecified atom stereocenters. The summed E-state index contributed by atoms with van der Waals surface area (Å²) in [7, 11) is 0. The molecule has 0 saturated carbocycles. The molecule has 0 radical (unpaired) electrons. The molecule has 2 aromatic rings. The van der Waals surface area contributed by atoms with E-state index in [4.69, 9.17) is 4.42 Å². The monoisotopic (exact) mass is 257 g/mol. The van der Waals surface area contributed by atoms with Crippen molar-refractivity contribution in [2.24, 2.45) is 0 Å². The fourth-order valence-electron chi connectivity index (χ4n) is 1.83. The van der Waals surface area contributed by atoms with Gasteiger partial charge in [0.1, 0.15) is 5.76 Å². The van der Waals surface area contributed by atoms with E-state index in [0.717, 1.165) is 5.69 Å². The summed E-state index contributed by atoms with van der Waals surface area (Å²) < 4.78 is 5.14. The molecule has 0 saturated heterocycles. The maximum atomic E-state index is 11.8. The fourth-order valence-corrected chi connectivity index (χ4v) is 1.83. The van der Waals surface area contributed by atoms with Crippen LogP contribution < -0.4 is 5.32 Å². The summed E-state index contributed by atoms with van der Waals surface area (Å²) >= 11 is 0. The summed E-state index contributed by atoms with van der Waals surface area (Å²) in [5.41, 5.74) is 2.18. The number of hydrogen-bond acceptors (Lipinski definition) is 2. The normalized spacial score (nSPS) is 11.3. The summed E-state index contributed by atoms with van der Waals surface area (Å²) in [6.45, 7) is 6.49. The van der Waals surface area contributed by atoms with Crippen molar-refractivity contribution in [3.05, 3.63) is 54.0 Å². The number of benzene rings is 1. The van der Waals surface area contributed by atoms with Gasteiger partial charge < -0.3 is 9.73 Å². The average molecular weight is 257 g/mol. The molecule has 1 heterocycles. The Labute approximate surface area is 113 Å². The maximum absolute atomic E-state index is 11.8. The molecule has 100 valence electrons. The zero-order valence-electron chi connectivity index (χ0n) is 11.6. The quantitative estimate of drug-likeness (QED) is 0.909. The predicted octanol–water partition coefficient (Wildman–Crippen LogP) is 3.76. The minimum atomic E-state index is -0.0709. The molecule has 2 rings (SSSR count). The maximum Gasteiger partial charge on any atom is 0.231 e. The summed E-state index contributed by atoms with van der Waals surface area (Å²) in [6.07, 6.45) is 1.83. The summed E-state index contributed by atoms with van der Waals surface area (Å²) in [5, 5.41) is 2.86. The van der Waals surface area contributed by atoms with Crippen molar-refractivity contribution in [2.45, 2.75) is 32.6 Å². The van der Waals surface area contributed by atoms with Crippen molar-refractivity contribution in [3.63, 3.8) is 0 Å². The van der Waals surface area contributed by atoms with Gasteiger partial charge in [0.2, 0.25) is 5.91 Å². The Kier molecular flexibility index (Phi) is 3.74. The Morgan fingerprint density at radius 2 is 1.84 bits per heavy atom. The van der Waals surface area contributed by atoms with Crippen molar-refractivity contribution in [1.29, 1.82) is 0 Å². The van der Waals surface area contributed by atoms with Crippen molar-refractivity contribution in [3.8, 4) is 0 Å². The first kappa shape index (κ1) is 13.4. The lowest BCUT2D eigenvalue weighted by Crippen LogP contribution is -2.15. The highest BCUT2D eigenvalue weighted by Gasteiger charge is 2.13. The van der Waals surface area contributed by atoms with E-state index < -0.39 is 0 Å². The lowest BCUT2D eigenvalue weighted by molar-refractivity contribution is -0.115. The van der Waals surface area contributed by atoms with Gasteiger partial charge in [-0.05, 0) is 35.2 Å². The van der Waals surface area contributed by atoms with Crippen molar-refractivity contribution >= 4 is 11.6 Å². The van der Waals surface area contributed by atoms with E-state index in [-0.39, 0.29) is 17.7 Å². The Morgan fingerprint density at radius 3 is 2.37 bits per heavy atom. The number of nitrogens with one attached hydrogen (secondary N) is 1. The van der Waals surface area contributed by atoms with Gasteiger partial charge in [-0.1, -0.05) is 32.9 Å². The summed E-state index contributed by atoms with van der Waals surface area (Å²) in [5.74, 6) is 0.599. The number of carbonyl (C=O) groups is 1. The number of carbonyl (C=O) groups excluding carboxylic acids is 1. The lowest BCUT2D eigenvalue weighted by atomic mass is 9.87. The second-order valence-corrected chi connectivity index (χ2v) is 5.63. The van der Waals surface area contributed by atoms with E-state index in [1.165, 1.54) is 5.56 Å². The Balaban J connectivity index is 1.98. The van der Waals surface area contributed by atoms with Crippen molar-refractivity contribution in [2.75, 3.05) is 5.32 Å². The second-order valence-electron chi connectivity index (χ2n) is 5.63. The molecule has 0 aliphatic carbocycles. The van der Waals surface area contributed by atoms with Crippen LogP contribution in [0.2, 0.25) is 0 Å². The molecule has 0 aliphatic heterocycles. The third kappa shape index (κ3) is 3.71. The minimum absolute atomic E-state index is 0.0709. The molecule has 1 aromatic heterocycles. The molecule has 3 heteroatoms. The highest BCUT2D eigenvalue weighted by Crippen LogP contribution is 2.23. The van der Waals surface area contributed by atoms with Crippen LogP contribution in [0.5, 0.6) is 0 Å². The third-order valence-electron chi connectivity index (χ3n) is 2.95. The highest BCUT2D eigenvalue weighted by atomic mass is 16.3. The first-order valence-corrected chi connectivity index (χ1v) is 6.38. The molecule has 1 aromatic carbocycles. The van der Waals surface area contributed by atoms with Gasteiger partial charge in [0, 0.05) is 5.69 Å². The average Bonchev–Trinajstić information content (AvgIpc) is 2.81. The van der Waals surface area contributed by atoms with E-state index >= 15 is 0 Å². The van der Waals surface area contributed by atoms with Gasteiger partial charge in [-0.2, -0.15) is 0 Å². The second kappa shape index (κ2) is 5.31. The van der Waals surface area contributed by atoms with Gasteiger partial charge in [0.25, 0.3) is 0 Å². The molecule has 0 spiro atoms. The number of anilines is 1. The molecule has 0 atom stereocenters. The molecule has 1 amide bonds. The smallest absolute Gasteiger partial charge is 0.231 e. The van der Waals surface area contributed by atoms with Crippen LogP contribution in [-0.2, 0) is 16.6 Å². The topological polar surface area (TPSA) is 42.2 Å². The van der Waals surface area contributed by atoms with E-state index in [1.807, 2.05) is 24.3 Å². The molecular weight excluding hydrogens is 238 g/mol. The number of rotatable bonds is 3. The molecule has 19 heavy (non-hydrogen) atoms. The zero-order chi connectivity index (χ0) is 13.9. The van der Waals surface area contributed by atoms with Crippen molar-refractivity contribution in [1.82, 2.24) is 0 Å². The standard InChI is InChI=1S/C16H19NO2/c1-16(2,3)12-6-8-13(9-7-12)17-15(18)11-14-5-4-10-19-14/h4-10H,11H2,1-3H3,(H,17,18). The largest absolute Gasteiger partial charge is 0.469 e. The van der Waals surface area contributed by atoms with E-state index in [2.05, 4.69) is 26.1 Å². The third-order valence-corrected chi connectivity index (χ3v) is 2.95. The van der Waals surface area contributed by atoms with E-state index in [9.17, 15) is 4.79 Å². The van der Waals surface area contributed by atoms with E-state index in [1.54, 1.807) is 18.4 Å². The SMILES string of the molecule is CC(C)(C)c1ccc(NC(=O)Cc2ccco2)cc1. The Morgan fingerprint density at radius 1 is 1.16 bits per heavy atom. The van der Waals surface area contributed by atoms with Crippen molar-refractivity contribution < 1.29 is 9.21 Å². The van der Waals surface area contributed by atoms with Gasteiger partial charge >= 0.3 is 0 Å². The first-order chi connectivity index (χ1) is 8.95. The van der Waals surface area contributed by atoms with Crippen LogP contribution in [0.4, 0.5) is 5.69 Å². The zero-order valence-corrected chi connectivity index (χ0v) is 11.6. The van der Waals surface area contributed by atoms with E-state index in [0.29, 0.717) is 5.76 Å². The van der Waals surface area contributed by atoms with Crippen LogP contribution in [0.1, 0.15) is 32.1 Å². The highest BCUT2D eigenvalue weighted by molar-refractivity contribution is 5.91. The number of hydrogen-bond donors (Lipinski definition) is 1. The lowest BCUT2D eigenvalue weighted by Gasteiger charge is -2.19. The fraction of sp³-hybridized carbons (Fsp3) is 0.312. The summed E-state index contributed by atoms with van der Waals surface area (Å²) in [4.78, 5) is 11.8. The van der Waals surface area contributed by atoms with Crippen LogP contribution in [-0.4, -0.2) is 5.91 Å². The minimum Gasteiger partial charge on any atom is -0.469 e. The van der Waals surface area contributed by atoms with Crippen LogP contribution >= 0.6 is 0 Å². The van der Waals surface area contributed by atoms with Crippen LogP contribution in [0.15, 0.2) is 47.1 Å². The Hall–Kier alpha value is -2.03. The van der Waals surface area contributed by atoms with Crippen LogP contribution in [0, 0.1) is 0 Å². The van der Waals surface area contributed by atoms with Gasteiger partial charge in [0.15, 0.2) is 0 Å². The summed E-state index contributed by atoms with van der Waals surface area (Å²) in [6, 6.07) is 11.5. The first-order valence-electron chi connectivity index (χ1n) is 6.38. The Bertz CT molecular complexity index is 533. The molecule has 0 aliphatic rings. The number of amides is 1. The van der Waals surface area contributed by atoms with Gasteiger partial charge in [-0.25, -0.2) is 0 Å². The molecule has 1 N–H and O–H groups in total. The predicted molar refractivity (Wildman–Crippen MR) is 76.2 cm³/mol.